The molecule has 106 valence electrons. The van der Waals surface area contributed by atoms with E-state index < -0.39 is 0 Å². The Morgan fingerprint density at radius 3 is 2.58 bits per heavy atom. The quantitative estimate of drug-likeness (QED) is 0.873. The first-order chi connectivity index (χ1) is 8.99. The lowest BCUT2D eigenvalue weighted by atomic mass is 10.1. The zero-order valence-corrected chi connectivity index (χ0v) is 13.2. The summed E-state index contributed by atoms with van der Waals surface area (Å²) in [5.74, 6) is 0.655. The average molecular weight is 329 g/mol. The van der Waals surface area contributed by atoms with E-state index in [1.807, 2.05) is 39.0 Å². The number of benzene rings is 1. The summed E-state index contributed by atoms with van der Waals surface area (Å²) in [6.07, 6.45) is 0. The highest BCUT2D eigenvalue weighted by Gasteiger charge is 2.13. The number of hydrogen-bond donors (Lipinski definition) is 1. The third-order valence-electron chi connectivity index (χ3n) is 2.93. The van der Waals surface area contributed by atoms with Gasteiger partial charge in [0, 0.05) is 29.2 Å². The number of ether oxygens (including phenoxy) is 1. The van der Waals surface area contributed by atoms with E-state index in [4.69, 9.17) is 10.5 Å². The second kappa shape index (κ2) is 7.50. The summed E-state index contributed by atoms with van der Waals surface area (Å²) < 4.78 is 6.55. The fraction of sp³-hybridized carbons (Fsp3) is 0.500. The second-order valence-corrected chi connectivity index (χ2v) is 5.24. The minimum atomic E-state index is -0.143. The molecule has 1 rings (SSSR count). The normalized spacial score (nSPS) is 12.1. The first-order valence-electron chi connectivity index (χ1n) is 6.45. The van der Waals surface area contributed by atoms with E-state index in [1.165, 1.54) is 0 Å². The zero-order valence-electron chi connectivity index (χ0n) is 11.6. The molecule has 19 heavy (non-hydrogen) atoms. The Balaban J connectivity index is 2.75. The molecule has 5 heteroatoms. The van der Waals surface area contributed by atoms with E-state index in [9.17, 15) is 4.79 Å². The van der Waals surface area contributed by atoms with Gasteiger partial charge >= 0.3 is 0 Å². The Labute approximate surface area is 123 Å². The number of carbonyl (C=O) groups excluding carboxylic acids is 1. The van der Waals surface area contributed by atoms with Crippen molar-refractivity contribution in [2.24, 2.45) is 5.73 Å². The summed E-state index contributed by atoms with van der Waals surface area (Å²) in [7, 11) is 0. The van der Waals surface area contributed by atoms with Crippen LogP contribution >= 0.6 is 15.9 Å². The Morgan fingerprint density at radius 2 is 2.05 bits per heavy atom. The molecule has 1 aromatic rings. The van der Waals surface area contributed by atoms with E-state index in [0.717, 1.165) is 10.0 Å². The van der Waals surface area contributed by atoms with Crippen LogP contribution in [0.3, 0.4) is 0 Å². The number of carbonyl (C=O) groups is 1. The number of amides is 1. The van der Waals surface area contributed by atoms with Gasteiger partial charge in [-0.3, -0.25) is 4.79 Å². The molecule has 0 spiro atoms. The summed E-state index contributed by atoms with van der Waals surface area (Å²) in [4.78, 5) is 13.6. The topological polar surface area (TPSA) is 55.6 Å². The van der Waals surface area contributed by atoms with Gasteiger partial charge in [0.1, 0.15) is 5.75 Å². The highest BCUT2D eigenvalue weighted by Crippen LogP contribution is 2.27. The molecule has 0 saturated heterocycles. The SMILES string of the molecule is CCN(CC)C(=O)COc1ccc(Br)cc1[C@@H](C)N. The van der Waals surface area contributed by atoms with Crippen LogP contribution in [-0.2, 0) is 4.79 Å². The van der Waals surface area contributed by atoms with Gasteiger partial charge in [-0.15, -0.1) is 0 Å². The molecule has 4 nitrogen and oxygen atoms in total. The first kappa shape index (κ1) is 16.0. The minimum absolute atomic E-state index is 0.0106. The standard InChI is InChI=1S/C14H21BrN2O2/c1-4-17(5-2)14(18)9-19-13-7-6-11(15)8-12(13)10(3)16/h6-8,10H,4-5,9,16H2,1-3H3/t10-/m1/s1. The van der Waals surface area contributed by atoms with E-state index in [-0.39, 0.29) is 18.6 Å². The lowest BCUT2D eigenvalue weighted by Gasteiger charge is -2.20. The van der Waals surface area contributed by atoms with Gasteiger partial charge in [-0.25, -0.2) is 0 Å². The molecule has 0 heterocycles. The predicted molar refractivity (Wildman–Crippen MR) is 80.2 cm³/mol. The molecular weight excluding hydrogens is 308 g/mol. The van der Waals surface area contributed by atoms with Gasteiger partial charge in [0.25, 0.3) is 5.91 Å². The van der Waals surface area contributed by atoms with Crippen LogP contribution in [0, 0.1) is 0 Å². The van der Waals surface area contributed by atoms with Gasteiger partial charge < -0.3 is 15.4 Å². The molecule has 0 bridgehead atoms. The van der Waals surface area contributed by atoms with Gasteiger partial charge in [0.15, 0.2) is 6.61 Å². The summed E-state index contributed by atoms with van der Waals surface area (Å²) >= 11 is 3.40. The monoisotopic (exact) mass is 328 g/mol. The van der Waals surface area contributed by atoms with Crippen molar-refractivity contribution < 1.29 is 9.53 Å². The van der Waals surface area contributed by atoms with Gasteiger partial charge in [-0.1, -0.05) is 15.9 Å². The van der Waals surface area contributed by atoms with Gasteiger partial charge in [0.2, 0.25) is 0 Å². The van der Waals surface area contributed by atoms with Gasteiger partial charge in [-0.05, 0) is 39.0 Å². The molecule has 0 aliphatic rings. The summed E-state index contributed by atoms with van der Waals surface area (Å²) in [5.41, 5.74) is 6.80. The number of halogens is 1. The second-order valence-electron chi connectivity index (χ2n) is 4.33. The van der Waals surface area contributed by atoms with Crippen LogP contribution in [0.5, 0.6) is 5.75 Å². The van der Waals surface area contributed by atoms with Crippen molar-refractivity contribution in [2.75, 3.05) is 19.7 Å². The van der Waals surface area contributed by atoms with Crippen LogP contribution in [0.2, 0.25) is 0 Å². The van der Waals surface area contributed by atoms with E-state index in [1.54, 1.807) is 4.90 Å². The number of rotatable bonds is 6. The van der Waals surface area contributed by atoms with Crippen LogP contribution in [-0.4, -0.2) is 30.5 Å². The molecule has 0 radical (unpaired) electrons. The fourth-order valence-electron chi connectivity index (χ4n) is 1.81. The van der Waals surface area contributed by atoms with Crippen LogP contribution in [0.25, 0.3) is 0 Å². The van der Waals surface area contributed by atoms with Crippen molar-refractivity contribution in [1.82, 2.24) is 4.90 Å². The maximum Gasteiger partial charge on any atom is 0.260 e. The molecule has 0 aliphatic heterocycles. The predicted octanol–water partition coefficient (Wildman–Crippen LogP) is 2.72. The van der Waals surface area contributed by atoms with Gasteiger partial charge in [0.05, 0.1) is 0 Å². The third kappa shape index (κ3) is 4.51. The lowest BCUT2D eigenvalue weighted by molar-refractivity contribution is -0.132. The number of hydrogen-bond acceptors (Lipinski definition) is 3. The molecule has 0 saturated carbocycles. The highest BCUT2D eigenvalue weighted by molar-refractivity contribution is 9.10. The van der Waals surface area contributed by atoms with Crippen molar-refractivity contribution in [1.29, 1.82) is 0 Å². The Hall–Kier alpha value is -1.07. The number of nitrogens with two attached hydrogens (primary N) is 1. The van der Waals surface area contributed by atoms with E-state index in [2.05, 4.69) is 15.9 Å². The van der Waals surface area contributed by atoms with Crippen molar-refractivity contribution in [3.05, 3.63) is 28.2 Å². The molecule has 2 N–H and O–H groups in total. The smallest absolute Gasteiger partial charge is 0.260 e. The zero-order chi connectivity index (χ0) is 14.4. The molecule has 1 amide bonds. The van der Waals surface area contributed by atoms with Crippen molar-refractivity contribution >= 4 is 21.8 Å². The Bertz CT molecular complexity index is 431. The van der Waals surface area contributed by atoms with E-state index in [0.29, 0.717) is 18.8 Å². The first-order valence-corrected chi connectivity index (χ1v) is 7.24. The summed E-state index contributed by atoms with van der Waals surface area (Å²) in [6.45, 7) is 7.23. The van der Waals surface area contributed by atoms with Crippen LogP contribution in [0.4, 0.5) is 0 Å². The van der Waals surface area contributed by atoms with Crippen molar-refractivity contribution in [3.8, 4) is 5.75 Å². The van der Waals surface area contributed by atoms with E-state index >= 15 is 0 Å². The molecule has 0 fully saturated rings. The molecule has 1 atom stereocenters. The van der Waals surface area contributed by atoms with Gasteiger partial charge in [-0.2, -0.15) is 0 Å². The fourth-order valence-corrected chi connectivity index (χ4v) is 2.19. The van der Waals surface area contributed by atoms with Crippen LogP contribution in [0.15, 0.2) is 22.7 Å². The maximum absolute atomic E-state index is 11.9. The lowest BCUT2D eigenvalue weighted by Crippen LogP contribution is -2.34. The third-order valence-corrected chi connectivity index (χ3v) is 3.42. The van der Waals surface area contributed by atoms with Crippen molar-refractivity contribution in [3.63, 3.8) is 0 Å². The van der Waals surface area contributed by atoms with Crippen LogP contribution in [0.1, 0.15) is 32.4 Å². The minimum Gasteiger partial charge on any atom is -0.483 e. The Morgan fingerprint density at radius 1 is 1.42 bits per heavy atom. The number of likely N-dealkylation sites (N-methyl/N-ethyl adjacent to an activating group) is 1. The average Bonchev–Trinajstić information content (AvgIpc) is 2.38. The van der Waals surface area contributed by atoms with Crippen LogP contribution < -0.4 is 10.5 Å². The highest BCUT2D eigenvalue weighted by atomic mass is 79.9. The largest absolute Gasteiger partial charge is 0.483 e. The summed E-state index contributed by atoms with van der Waals surface area (Å²) in [6, 6.07) is 5.49. The maximum atomic E-state index is 11.9. The molecular formula is C14H21BrN2O2. The molecule has 0 unspecified atom stereocenters. The summed E-state index contributed by atoms with van der Waals surface area (Å²) in [5, 5.41) is 0. The molecule has 0 aromatic heterocycles. The number of nitrogens with zero attached hydrogens (tertiary/aromatic N) is 1. The molecule has 0 aliphatic carbocycles. The molecule has 1 aromatic carbocycles. The Kier molecular flexibility index (Phi) is 6.31. The van der Waals surface area contributed by atoms with Crippen molar-refractivity contribution in [2.45, 2.75) is 26.8 Å².